The molecule has 2 fully saturated rings. The van der Waals surface area contributed by atoms with Crippen LogP contribution in [0.3, 0.4) is 0 Å². The first-order valence-electron chi connectivity index (χ1n) is 9.35. The van der Waals surface area contributed by atoms with Crippen molar-refractivity contribution in [3.8, 4) is 0 Å². The van der Waals surface area contributed by atoms with E-state index in [-0.39, 0.29) is 0 Å². The maximum atomic E-state index is 12.2. The van der Waals surface area contributed by atoms with Gasteiger partial charge in [0.05, 0.1) is 0 Å². The van der Waals surface area contributed by atoms with Crippen LogP contribution in [0.5, 0.6) is 0 Å². The Morgan fingerprint density at radius 1 is 1.23 bits per heavy atom. The molecule has 0 aromatic carbocycles. The van der Waals surface area contributed by atoms with Crippen LogP contribution in [0, 0.1) is 5.92 Å². The largest absolute Gasteiger partial charge is 0.340 e. The van der Waals surface area contributed by atoms with Gasteiger partial charge in [-0.1, -0.05) is 25.0 Å². The van der Waals surface area contributed by atoms with Gasteiger partial charge in [-0.25, -0.2) is 0 Å². The maximum absolute atomic E-state index is 12.2. The number of allylic oxidation sites excluding steroid dienone is 1. The second-order valence-corrected chi connectivity index (χ2v) is 7.11. The number of unbranched alkanes of at least 4 members (excludes halogenated alkanes) is 4. The summed E-state index contributed by atoms with van der Waals surface area (Å²) in [6.07, 6.45) is 16.4. The van der Waals surface area contributed by atoms with Crippen LogP contribution in [0.4, 0.5) is 0 Å². The van der Waals surface area contributed by atoms with E-state index in [1.54, 1.807) is 0 Å². The molecule has 1 saturated heterocycles. The number of carbonyl (C=O) groups excluding carboxylic acids is 1. The van der Waals surface area contributed by atoms with Gasteiger partial charge in [0.1, 0.15) is 0 Å². The topological polar surface area (TPSA) is 32.3 Å². The molecule has 1 amide bonds. The molecular weight excluding hydrogens is 272 g/mol. The molecule has 0 aromatic rings. The number of rotatable bonds is 9. The molecule has 0 bridgehead atoms. The average Bonchev–Trinajstić information content (AvgIpc) is 3.28. The summed E-state index contributed by atoms with van der Waals surface area (Å²) in [5.41, 5.74) is 0. The highest BCUT2D eigenvalue weighted by molar-refractivity contribution is 5.76. The Labute approximate surface area is 136 Å². The van der Waals surface area contributed by atoms with Gasteiger partial charge in [-0.3, -0.25) is 4.79 Å². The third-order valence-corrected chi connectivity index (χ3v) is 5.23. The van der Waals surface area contributed by atoms with Crippen molar-refractivity contribution in [2.24, 2.45) is 5.92 Å². The van der Waals surface area contributed by atoms with Crippen molar-refractivity contribution in [2.45, 2.75) is 83.2 Å². The summed E-state index contributed by atoms with van der Waals surface area (Å²) < 4.78 is 0. The molecule has 22 heavy (non-hydrogen) atoms. The van der Waals surface area contributed by atoms with Crippen LogP contribution >= 0.6 is 0 Å². The Balaban J connectivity index is 1.44. The van der Waals surface area contributed by atoms with Crippen molar-refractivity contribution >= 4 is 5.91 Å². The summed E-state index contributed by atoms with van der Waals surface area (Å²) in [5.74, 6) is 1.17. The van der Waals surface area contributed by atoms with Crippen LogP contribution in [0.15, 0.2) is 12.2 Å². The highest BCUT2D eigenvalue weighted by atomic mass is 16.2. The second-order valence-electron chi connectivity index (χ2n) is 7.11. The SMILES string of the molecule is CNC1C[C@H]1/C=C\CCCCCCC(=O)N1CCCCC1C. The van der Waals surface area contributed by atoms with Gasteiger partial charge in [-0.2, -0.15) is 0 Å². The first kappa shape index (κ1) is 17.5. The number of nitrogens with one attached hydrogen (secondary N) is 1. The van der Waals surface area contributed by atoms with Gasteiger partial charge < -0.3 is 10.2 Å². The zero-order valence-electron chi connectivity index (χ0n) is 14.5. The first-order chi connectivity index (χ1) is 10.7. The molecule has 1 N–H and O–H groups in total. The molecule has 126 valence electrons. The second kappa shape index (κ2) is 9.34. The number of carbonyl (C=O) groups is 1. The van der Waals surface area contributed by atoms with E-state index in [1.165, 1.54) is 51.4 Å². The Hall–Kier alpha value is -0.830. The first-order valence-corrected chi connectivity index (χ1v) is 9.35. The lowest BCUT2D eigenvalue weighted by Crippen LogP contribution is -2.41. The summed E-state index contributed by atoms with van der Waals surface area (Å²) in [7, 11) is 2.05. The Bertz CT molecular complexity index is 366. The van der Waals surface area contributed by atoms with E-state index in [0.717, 1.165) is 31.3 Å². The minimum atomic E-state index is 0.388. The van der Waals surface area contributed by atoms with E-state index in [4.69, 9.17) is 0 Å². The molecular formula is C19H34N2O. The maximum Gasteiger partial charge on any atom is 0.222 e. The summed E-state index contributed by atoms with van der Waals surface area (Å²) in [4.78, 5) is 14.3. The van der Waals surface area contributed by atoms with Crippen molar-refractivity contribution in [3.63, 3.8) is 0 Å². The molecule has 1 heterocycles. The van der Waals surface area contributed by atoms with Gasteiger partial charge in [-0.15, -0.1) is 0 Å². The van der Waals surface area contributed by atoms with E-state index in [2.05, 4.69) is 29.3 Å². The number of amides is 1. The Morgan fingerprint density at radius 2 is 2.05 bits per heavy atom. The van der Waals surface area contributed by atoms with Gasteiger partial charge in [0.25, 0.3) is 0 Å². The van der Waals surface area contributed by atoms with Crippen molar-refractivity contribution in [1.29, 1.82) is 0 Å². The summed E-state index contributed by atoms with van der Waals surface area (Å²) in [6, 6.07) is 1.20. The van der Waals surface area contributed by atoms with E-state index >= 15 is 0 Å². The van der Waals surface area contributed by atoms with E-state index < -0.39 is 0 Å². The Morgan fingerprint density at radius 3 is 2.77 bits per heavy atom. The van der Waals surface area contributed by atoms with Crippen LogP contribution in [0.1, 0.15) is 71.1 Å². The summed E-state index contributed by atoms with van der Waals surface area (Å²) in [6.45, 7) is 3.18. The highest BCUT2D eigenvalue weighted by Crippen LogP contribution is 2.31. The number of piperidine rings is 1. The molecule has 3 heteroatoms. The predicted octanol–water partition coefficient (Wildman–Crippen LogP) is 3.89. The average molecular weight is 306 g/mol. The highest BCUT2D eigenvalue weighted by Gasteiger charge is 2.32. The van der Waals surface area contributed by atoms with Gasteiger partial charge in [0.2, 0.25) is 5.91 Å². The summed E-state index contributed by atoms with van der Waals surface area (Å²) >= 11 is 0. The van der Waals surface area contributed by atoms with Crippen LogP contribution in [-0.2, 0) is 4.79 Å². The third kappa shape index (κ3) is 5.75. The lowest BCUT2D eigenvalue weighted by molar-refractivity contribution is -0.134. The van der Waals surface area contributed by atoms with Crippen LogP contribution in [0.2, 0.25) is 0 Å². The number of likely N-dealkylation sites (tertiary alicyclic amines) is 1. The standard InChI is InChI=1S/C19H34N2O/c1-16-11-9-10-14-21(16)19(22)13-8-6-4-3-5-7-12-17-15-18(17)20-2/h7,12,16-18,20H,3-6,8-11,13-15H2,1-2H3/b12-7-/t16?,17-,18?/m1/s1. The normalized spacial score (nSPS) is 28.3. The van der Waals surface area contributed by atoms with Gasteiger partial charge in [0, 0.05) is 25.0 Å². The van der Waals surface area contributed by atoms with E-state index in [1.807, 2.05) is 7.05 Å². The fraction of sp³-hybridized carbons (Fsp3) is 0.842. The van der Waals surface area contributed by atoms with E-state index in [9.17, 15) is 4.79 Å². The van der Waals surface area contributed by atoms with E-state index in [0.29, 0.717) is 11.9 Å². The number of nitrogens with zero attached hydrogens (tertiary/aromatic N) is 1. The predicted molar refractivity (Wildman–Crippen MR) is 92.8 cm³/mol. The smallest absolute Gasteiger partial charge is 0.222 e. The molecule has 2 unspecified atom stereocenters. The quantitative estimate of drug-likeness (QED) is 0.518. The molecule has 0 spiro atoms. The lowest BCUT2D eigenvalue weighted by atomic mass is 10.0. The van der Waals surface area contributed by atoms with Crippen LogP contribution in [-0.4, -0.2) is 36.5 Å². The molecule has 1 saturated carbocycles. The van der Waals surface area contributed by atoms with Crippen molar-refractivity contribution in [3.05, 3.63) is 12.2 Å². The monoisotopic (exact) mass is 306 g/mol. The summed E-state index contributed by atoms with van der Waals surface area (Å²) in [5, 5.41) is 3.31. The van der Waals surface area contributed by atoms with Gasteiger partial charge in [-0.05, 0) is 64.8 Å². The molecule has 0 aromatic heterocycles. The number of hydrogen-bond donors (Lipinski definition) is 1. The lowest BCUT2D eigenvalue weighted by Gasteiger charge is -2.33. The van der Waals surface area contributed by atoms with Crippen molar-refractivity contribution in [1.82, 2.24) is 10.2 Å². The molecule has 3 atom stereocenters. The molecule has 1 aliphatic heterocycles. The zero-order chi connectivity index (χ0) is 15.8. The Kier molecular flexibility index (Phi) is 7.44. The van der Waals surface area contributed by atoms with Crippen molar-refractivity contribution < 1.29 is 4.79 Å². The number of hydrogen-bond acceptors (Lipinski definition) is 2. The molecule has 3 nitrogen and oxygen atoms in total. The van der Waals surface area contributed by atoms with Gasteiger partial charge in [0.15, 0.2) is 0 Å². The fourth-order valence-electron chi connectivity index (χ4n) is 3.53. The molecule has 1 aliphatic carbocycles. The zero-order valence-corrected chi connectivity index (χ0v) is 14.5. The molecule has 0 radical (unpaired) electrons. The van der Waals surface area contributed by atoms with Crippen LogP contribution in [0.25, 0.3) is 0 Å². The van der Waals surface area contributed by atoms with Crippen LogP contribution < -0.4 is 5.32 Å². The third-order valence-electron chi connectivity index (χ3n) is 5.23. The van der Waals surface area contributed by atoms with Crippen molar-refractivity contribution in [2.75, 3.05) is 13.6 Å². The molecule has 2 aliphatic rings. The molecule has 2 rings (SSSR count). The minimum Gasteiger partial charge on any atom is -0.340 e. The minimum absolute atomic E-state index is 0.388. The fourth-order valence-corrected chi connectivity index (χ4v) is 3.53. The van der Waals surface area contributed by atoms with Gasteiger partial charge >= 0.3 is 0 Å².